The Kier molecular flexibility index (Phi) is 10.9. The van der Waals surface area contributed by atoms with Crippen molar-refractivity contribution in [3.8, 4) is 0 Å². The quantitative estimate of drug-likeness (QED) is 0.536. The minimum absolute atomic E-state index is 0.307. The van der Waals surface area contributed by atoms with Crippen LogP contribution in [0.15, 0.2) is 0 Å². The Bertz CT molecular complexity index is 287. The molecule has 0 aromatic heterocycles. The molecule has 0 saturated carbocycles. The topological polar surface area (TPSA) is 52.6 Å². The molecule has 0 aromatic rings. The molecule has 0 radical (unpaired) electrons. The zero-order valence-corrected chi connectivity index (χ0v) is 15.2. The number of carbonyl (C=O) groups excluding carboxylic acids is 2. The molecule has 0 N–H and O–H groups in total. The van der Waals surface area contributed by atoms with Crippen LogP contribution in [0.5, 0.6) is 0 Å². The van der Waals surface area contributed by atoms with Crippen LogP contribution < -0.4 is 0 Å². The standard InChI is InChI=1S/C18H34O4/c1-7-15(8-2)11-21-17(19)13(5)14(6)18(20)22-12-16(9-3)10-4/h13-16H,7-12H2,1-6H3. The first-order chi connectivity index (χ1) is 10.4. The van der Waals surface area contributed by atoms with Crippen molar-refractivity contribution in [3.63, 3.8) is 0 Å². The van der Waals surface area contributed by atoms with Gasteiger partial charge in [0.15, 0.2) is 0 Å². The van der Waals surface area contributed by atoms with Crippen LogP contribution in [-0.4, -0.2) is 25.2 Å². The second kappa shape index (κ2) is 11.5. The normalized spacial score (nSPS) is 14.0. The van der Waals surface area contributed by atoms with Gasteiger partial charge in [-0.15, -0.1) is 0 Å². The summed E-state index contributed by atoms with van der Waals surface area (Å²) in [5.41, 5.74) is 0. The molecule has 0 saturated heterocycles. The van der Waals surface area contributed by atoms with E-state index in [9.17, 15) is 9.59 Å². The summed E-state index contributed by atoms with van der Waals surface area (Å²) >= 11 is 0. The Morgan fingerprint density at radius 3 is 1.18 bits per heavy atom. The number of rotatable bonds is 11. The lowest BCUT2D eigenvalue weighted by Crippen LogP contribution is -2.30. The maximum atomic E-state index is 12.0. The largest absolute Gasteiger partial charge is 0.465 e. The number of hydrogen-bond donors (Lipinski definition) is 0. The summed E-state index contributed by atoms with van der Waals surface area (Å²) in [4.78, 5) is 24.1. The maximum absolute atomic E-state index is 12.0. The molecule has 0 aliphatic rings. The van der Waals surface area contributed by atoms with Crippen LogP contribution in [0.3, 0.4) is 0 Å². The molecule has 4 heteroatoms. The average molecular weight is 314 g/mol. The van der Waals surface area contributed by atoms with Crippen molar-refractivity contribution in [2.75, 3.05) is 13.2 Å². The van der Waals surface area contributed by atoms with Gasteiger partial charge in [-0.1, -0.05) is 67.2 Å². The number of esters is 2. The molecule has 0 aliphatic heterocycles. The van der Waals surface area contributed by atoms with Crippen molar-refractivity contribution in [2.45, 2.75) is 67.2 Å². The van der Waals surface area contributed by atoms with Crippen LogP contribution in [0.25, 0.3) is 0 Å². The van der Waals surface area contributed by atoms with E-state index in [-0.39, 0.29) is 11.9 Å². The summed E-state index contributed by atoms with van der Waals surface area (Å²) in [6.07, 6.45) is 3.97. The molecule has 2 atom stereocenters. The number of carbonyl (C=O) groups is 2. The summed E-state index contributed by atoms with van der Waals surface area (Å²) in [7, 11) is 0. The molecule has 0 rings (SSSR count). The molecule has 4 nitrogen and oxygen atoms in total. The summed E-state index contributed by atoms with van der Waals surface area (Å²) < 4.78 is 10.7. The van der Waals surface area contributed by atoms with Crippen LogP contribution in [-0.2, 0) is 19.1 Å². The Morgan fingerprint density at radius 2 is 0.955 bits per heavy atom. The maximum Gasteiger partial charge on any atom is 0.309 e. The van der Waals surface area contributed by atoms with Crippen molar-refractivity contribution < 1.29 is 19.1 Å². The van der Waals surface area contributed by atoms with Crippen molar-refractivity contribution in [2.24, 2.45) is 23.7 Å². The monoisotopic (exact) mass is 314 g/mol. The fourth-order valence-electron chi connectivity index (χ4n) is 2.12. The molecule has 0 aromatic carbocycles. The van der Waals surface area contributed by atoms with Crippen LogP contribution >= 0.6 is 0 Å². The predicted octanol–water partition coefficient (Wildman–Crippen LogP) is 4.22. The van der Waals surface area contributed by atoms with E-state index in [2.05, 4.69) is 27.7 Å². The van der Waals surface area contributed by atoms with Crippen molar-refractivity contribution in [1.29, 1.82) is 0 Å². The lowest BCUT2D eigenvalue weighted by atomic mass is 9.96. The number of hydrogen-bond acceptors (Lipinski definition) is 4. The predicted molar refractivity (Wildman–Crippen MR) is 88.4 cm³/mol. The van der Waals surface area contributed by atoms with Gasteiger partial charge in [0.1, 0.15) is 0 Å². The summed E-state index contributed by atoms with van der Waals surface area (Å²) in [6, 6.07) is 0. The van der Waals surface area contributed by atoms with Crippen molar-refractivity contribution in [3.05, 3.63) is 0 Å². The van der Waals surface area contributed by atoms with Gasteiger partial charge in [-0.3, -0.25) is 9.59 Å². The van der Waals surface area contributed by atoms with Gasteiger partial charge in [0, 0.05) is 0 Å². The second-order valence-electron chi connectivity index (χ2n) is 6.20. The Hall–Kier alpha value is -1.06. The minimum atomic E-state index is -0.469. The highest BCUT2D eigenvalue weighted by Gasteiger charge is 2.29. The third-order valence-electron chi connectivity index (χ3n) is 4.73. The fraction of sp³-hybridized carbons (Fsp3) is 0.889. The fourth-order valence-corrected chi connectivity index (χ4v) is 2.12. The van der Waals surface area contributed by atoms with Gasteiger partial charge in [-0.25, -0.2) is 0 Å². The smallest absolute Gasteiger partial charge is 0.309 e. The molecule has 0 amide bonds. The minimum Gasteiger partial charge on any atom is -0.465 e. The molecule has 0 bridgehead atoms. The van der Waals surface area contributed by atoms with E-state index in [1.54, 1.807) is 13.8 Å². The van der Waals surface area contributed by atoms with Crippen LogP contribution in [0.2, 0.25) is 0 Å². The van der Waals surface area contributed by atoms with E-state index < -0.39 is 11.8 Å². The molecule has 22 heavy (non-hydrogen) atoms. The van der Waals surface area contributed by atoms with Gasteiger partial charge in [-0.05, 0) is 11.8 Å². The van der Waals surface area contributed by atoms with Crippen LogP contribution in [0.1, 0.15) is 67.2 Å². The zero-order valence-electron chi connectivity index (χ0n) is 15.2. The highest BCUT2D eigenvalue weighted by Crippen LogP contribution is 2.18. The van der Waals surface area contributed by atoms with E-state index in [1.165, 1.54) is 0 Å². The first kappa shape index (κ1) is 20.9. The summed E-state index contributed by atoms with van der Waals surface area (Å²) in [5.74, 6) is -0.758. The molecule has 0 heterocycles. The molecule has 130 valence electrons. The van der Waals surface area contributed by atoms with E-state index in [4.69, 9.17) is 9.47 Å². The van der Waals surface area contributed by atoms with Gasteiger partial charge in [0.2, 0.25) is 0 Å². The molecule has 2 unspecified atom stereocenters. The second-order valence-corrected chi connectivity index (χ2v) is 6.20. The third kappa shape index (κ3) is 7.28. The average Bonchev–Trinajstić information content (AvgIpc) is 2.54. The van der Waals surface area contributed by atoms with Gasteiger partial charge < -0.3 is 9.47 Å². The zero-order chi connectivity index (χ0) is 17.1. The number of ether oxygens (including phenoxy) is 2. The van der Waals surface area contributed by atoms with Crippen LogP contribution in [0.4, 0.5) is 0 Å². The Balaban J connectivity index is 4.30. The Morgan fingerprint density at radius 1 is 0.682 bits per heavy atom. The van der Waals surface area contributed by atoms with Gasteiger partial charge in [-0.2, -0.15) is 0 Å². The lowest BCUT2D eigenvalue weighted by molar-refractivity contribution is -0.161. The molecular weight excluding hydrogens is 280 g/mol. The van der Waals surface area contributed by atoms with Gasteiger partial charge in [0.25, 0.3) is 0 Å². The van der Waals surface area contributed by atoms with Gasteiger partial charge in [0.05, 0.1) is 25.0 Å². The molecule has 0 aliphatic carbocycles. The summed E-state index contributed by atoms with van der Waals surface area (Å²) in [6.45, 7) is 12.7. The highest BCUT2D eigenvalue weighted by molar-refractivity contribution is 5.81. The van der Waals surface area contributed by atoms with Crippen molar-refractivity contribution in [1.82, 2.24) is 0 Å². The lowest BCUT2D eigenvalue weighted by Gasteiger charge is -2.20. The van der Waals surface area contributed by atoms with E-state index in [1.807, 2.05) is 0 Å². The van der Waals surface area contributed by atoms with Crippen LogP contribution in [0, 0.1) is 23.7 Å². The molecular formula is C18H34O4. The van der Waals surface area contributed by atoms with E-state index in [0.29, 0.717) is 25.0 Å². The first-order valence-corrected chi connectivity index (χ1v) is 8.74. The molecule has 0 spiro atoms. The third-order valence-corrected chi connectivity index (χ3v) is 4.73. The van der Waals surface area contributed by atoms with Gasteiger partial charge >= 0.3 is 11.9 Å². The van der Waals surface area contributed by atoms with E-state index >= 15 is 0 Å². The van der Waals surface area contributed by atoms with E-state index in [0.717, 1.165) is 25.7 Å². The first-order valence-electron chi connectivity index (χ1n) is 8.74. The Labute approximate surface area is 135 Å². The summed E-state index contributed by atoms with van der Waals surface area (Å²) in [5, 5.41) is 0. The highest BCUT2D eigenvalue weighted by atomic mass is 16.5. The van der Waals surface area contributed by atoms with Crippen molar-refractivity contribution >= 4 is 11.9 Å². The molecule has 0 fully saturated rings. The SMILES string of the molecule is CCC(CC)COC(=O)C(C)C(C)C(=O)OCC(CC)CC.